The lowest BCUT2D eigenvalue weighted by Crippen LogP contribution is -2.26. The third-order valence-corrected chi connectivity index (χ3v) is 5.74. The maximum Gasteiger partial charge on any atom is 0.262 e. The van der Waals surface area contributed by atoms with Crippen LogP contribution < -0.4 is 5.32 Å². The first-order chi connectivity index (χ1) is 10.7. The second kappa shape index (κ2) is 6.84. The number of rotatable bonds is 5. The first kappa shape index (κ1) is 17.7. The van der Waals surface area contributed by atoms with Crippen LogP contribution in [0.5, 0.6) is 0 Å². The van der Waals surface area contributed by atoms with E-state index in [9.17, 15) is 13.2 Å². The third-order valence-electron chi connectivity index (χ3n) is 3.68. The summed E-state index contributed by atoms with van der Waals surface area (Å²) >= 11 is 1.44. The molecule has 1 atom stereocenters. The maximum absolute atomic E-state index is 12.4. The Morgan fingerprint density at radius 3 is 2.22 bits per heavy atom. The van der Waals surface area contributed by atoms with Gasteiger partial charge in [0.15, 0.2) is 9.84 Å². The van der Waals surface area contributed by atoms with Crippen molar-refractivity contribution < 1.29 is 13.2 Å². The van der Waals surface area contributed by atoms with E-state index in [-0.39, 0.29) is 16.8 Å². The molecular weight excluding hydrogens is 330 g/mol. The van der Waals surface area contributed by atoms with Crippen LogP contribution in [-0.4, -0.2) is 20.6 Å². The molecule has 0 saturated heterocycles. The summed E-state index contributed by atoms with van der Waals surface area (Å²) in [5.41, 5.74) is 1.92. The van der Waals surface area contributed by atoms with Crippen LogP contribution in [0, 0.1) is 0 Å². The van der Waals surface area contributed by atoms with Crippen molar-refractivity contribution in [2.24, 2.45) is 0 Å². The summed E-state index contributed by atoms with van der Waals surface area (Å²) < 4.78 is 23.0. The van der Waals surface area contributed by atoms with E-state index in [0.717, 1.165) is 16.0 Å². The summed E-state index contributed by atoms with van der Waals surface area (Å²) in [5.74, 6) is 0.203. The summed E-state index contributed by atoms with van der Waals surface area (Å²) in [6.45, 7) is 6.01. The number of benzene rings is 1. The molecule has 4 nitrogen and oxygen atoms in total. The van der Waals surface area contributed by atoms with Crippen molar-refractivity contribution in [2.75, 3.05) is 6.26 Å². The molecule has 1 heterocycles. The molecule has 2 rings (SSSR count). The Bertz CT molecular complexity index is 790. The number of hydrogen-bond donors (Lipinski definition) is 1. The summed E-state index contributed by atoms with van der Waals surface area (Å²) in [6.07, 6.45) is 1.18. The van der Waals surface area contributed by atoms with E-state index in [1.165, 1.54) is 17.6 Å². The Labute approximate surface area is 141 Å². The van der Waals surface area contributed by atoms with Crippen LogP contribution in [0.3, 0.4) is 0 Å². The first-order valence-electron chi connectivity index (χ1n) is 7.38. The monoisotopic (exact) mass is 351 g/mol. The summed E-state index contributed by atoms with van der Waals surface area (Å²) in [7, 11) is -3.20. The number of thiophene rings is 1. The van der Waals surface area contributed by atoms with Gasteiger partial charge in [-0.15, -0.1) is 11.3 Å². The second-order valence-electron chi connectivity index (χ2n) is 5.90. The Hall–Kier alpha value is -1.66. The van der Waals surface area contributed by atoms with Gasteiger partial charge in [0.2, 0.25) is 0 Å². The van der Waals surface area contributed by atoms with Gasteiger partial charge in [-0.05, 0) is 47.5 Å². The van der Waals surface area contributed by atoms with E-state index >= 15 is 0 Å². The molecule has 124 valence electrons. The molecule has 1 aromatic heterocycles. The van der Waals surface area contributed by atoms with E-state index in [0.29, 0.717) is 5.92 Å². The number of sulfone groups is 1. The topological polar surface area (TPSA) is 63.2 Å². The molecule has 1 aromatic carbocycles. The number of amides is 1. The van der Waals surface area contributed by atoms with Gasteiger partial charge >= 0.3 is 0 Å². The summed E-state index contributed by atoms with van der Waals surface area (Å²) in [5, 5.41) is 4.90. The average molecular weight is 351 g/mol. The van der Waals surface area contributed by atoms with Crippen molar-refractivity contribution in [1.82, 2.24) is 5.32 Å². The third kappa shape index (κ3) is 4.20. The molecule has 0 aliphatic heterocycles. The van der Waals surface area contributed by atoms with Gasteiger partial charge in [0.1, 0.15) is 0 Å². The molecule has 6 heteroatoms. The van der Waals surface area contributed by atoms with Crippen LogP contribution >= 0.6 is 11.3 Å². The van der Waals surface area contributed by atoms with Gasteiger partial charge in [0.25, 0.3) is 5.91 Å². The Morgan fingerprint density at radius 2 is 1.70 bits per heavy atom. The van der Waals surface area contributed by atoms with Gasteiger partial charge in [-0.25, -0.2) is 8.42 Å². The molecule has 1 N–H and O–H groups in total. The molecule has 1 amide bonds. The van der Waals surface area contributed by atoms with Crippen LogP contribution in [0.15, 0.2) is 40.6 Å². The minimum Gasteiger partial charge on any atom is -0.345 e. The molecule has 0 saturated carbocycles. The predicted molar refractivity (Wildman–Crippen MR) is 93.8 cm³/mol. The highest BCUT2D eigenvalue weighted by Crippen LogP contribution is 2.25. The van der Waals surface area contributed by atoms with Crippen LogP contribution in [0.25, 0.3) is 0 Å². The molecule has 23 heavy (non-hydrogen) atoms. The highest BCUT2D eigenvalue weighted by molar-refractivity contribution is 7.90. The fourth-order valence-electron chi connectivity index (χ4n) is 2.31. The molecular formula is C17H21NO3S2. The second-order valence-corrected chi connectivity index (χ2v) is 8.83. The standard InChI is InChI=1S/C17H21NO3S2/c1-11(2)15-9-10-22-16(15)17(19)18-12(3)13-5-7-14(8-6-13)23(4,20)21/h5-12H,1-4H3,(H,18,19). The van der Waals surface area contributed by atoms with Gasteiger partial charge in [-0.2, -0.15) is 0 Å². The molecule has 0 aliphatic carbocycles. The lowest BCUT2D eigenvalue weighted by Gasteiger charge is -2.15. The number of carbonyl (C=O) groups excluding carboxylic acids is 1. The number of hydrogen-bond acceptors (Lipinski definition) is 4. The normalized spacial score (nSPS) is 13.1. The van der Waals surface area contributed by atoms with Crippen LogP contribution in [0.2, 0.25) is 0 Å². The average Bonchev–Trinajstić information content (AvgIpc) is 2.96. The van der Waals surface area contributed by atoms with E-state index in [1.807, 2.05) is 18.4 Å². The lowest BCUT2D eigenvalue weighted by molar-refractivity contribution is 0.0943. The van der Waals surface area contributed by atoms with Gasteiger partial charge in [0.05, 0.1) is 15.8 Å². The van der Waals surface area contributed by atoms with Gasteiger partial charge < -0.3 is 5.32 Å². The molecule has 1 unspecified atom stereocenters. The SMILES string of the molecule is CC(C)c1ccsc1C(=O)NC(C)c1ccc(S(C)(=O)=O)cc1. The molecule has 0 bridgehead atoms. The quantitative estimate of drug-likeness (QED) is 0.892. The molecule has 0 spiro atoms. The Kier molecular flexibility index (Phi) is 5.26. The van der Waals surface area contributed by atoms with Gasteiger partial charge in [0, 0.05) is 6.26 Å². The smallest absolute Gasteiger partial charge is 0.262 e. The molecule has 2 aromatic rings. The minimum atomic E-state index is -3.20. The van der Waals surface area contributed by atoms with E-state index in [1.54, 1.807) is 24.3 Å². The highest BCUT2D eigenvalue weighted by Gasteiger charge is 2.18. The number of nitrogens with one attached hydrogen (secondary N) is 1. The van der Waals surface area contributed by atoms with Crippen molar-refractivity contribution in [3.63, 3.8) is 0 Å². The van der Waals surface area contributed by atoms with Crippen molar-refractivity contribution in [3.05, 3.63) is 51.7 Å². The fraction of sp³-hybridized carbons (Fsp3) is 0.353. The zero-order valence-electron chi connectivity index (χ0n) is 13.7. The van der Waals surface area contributed by atoms with Crippen LogP contribution in [-0.2, 0) is 9.84 Å². The fourth-order valence-corrected chi connectivity index (χ4v) is 3.89. The van der Waals surface area contributed by atoms with Crippen molar-refractivity contribution in [3.8, 4) is 0 Å². The number of carbonyl (C=O) groups is 1. The van der Waals surface area contributed by atoms with E-state index in [2.05, 4.69) is 19.2 Å². The van der Waals surface area contributed by atoms with E-state index < -0.39 is 9.84 Å². The largest absolute Gasteiger partial charge is 0.345 e. The van der Waals surface area contributed by atoms with Crippen LogP contribution in [0.4, 0.5) is 0 Å². The lowest BCUT2D eigenvalue weighted by atomic mass is 10.0. The Balaban J connectivity index is 2.14. The van der Waals surface area contributed by atoms with Crippen molar-refractivity contribution >= 4 is 27.1 Å². The summed E-state index contributed by atoms with van der Waals surface area (Å²) in [4.78, 5) is 13.5. The van der Waals surface area contributed by atoms with Crippen LogP contribution in [0.1, 0.15) is 53.5 Å². The highest BCUT2D eigenvalue weighted by atomic mass is 32.2. The van der Waals surface area contributed by atoms with Crippen molar-refractivity contribution in [1.29, 1.82) is 0 Å². The molecule has 0 aliphatic rings. The van der Waals surface area contributed by atoms with Gasteiger partial charge in [-0.3, -0.25) is 4.79 Å². The predicted octanol–water partition coefficient (Wildman–Crippen LogP) is 3.77. The van der Waals surface area contributed by atoms with Crippen molar-refractivity contribution in [2.45, 2.75) is 37.6 Å². The minimum absolute atomic E-state index is 0.0941. The molecule has 0 radical (unpaired) electrons. The first-order valence-corrected chi connectivity index (χ1v) is 10.2. The maximum atomic E-state index is 12.4. The molecule has 0 fully saturated rings. The zero-order valence-corrected chi connectivity index (χ0v) is 15.3. The Morgan fingerprint density at radius 1 is 1.09 bits per heavy atom. The summed E-state index contributed by atoms with van der Waals surface area (Å²) in [6, 6.07) is 8.39. The van der Waals surface area contributed by atoms with E-state index in [4.69, 9.17) is 0 Å². The van der Waals surface area contributed by atoms with Gasteiger partial charge in [-0.1, -0.05) is 26.0 Å². The zero-order chi connectivity index (χ0) is 17.2.